The molecule has 2 amide bonds. The van der Waals surface area contributed by atoms with Crippen LogP contribution in [0.5, 0.6) is 0 Å². The Morgan fingerprint density at radius 3 is 1.37 bits per heavy atom. The quantitative estimate of drug-likeness (QED) is 0.584. The fraction of sp³-hybridized carbons (Fsp3) is 0.857. The molecule has 0 saturated carbocycles. The molecular weight excluding hydrogens is 388 g/mol. The second kappa shape index (κ2) is 9.09. The van der Waals surface area contributed by atoms with E-state index in [1.807, 2.05) is 0 Å². The summed E-state index contributed by atoms with van der Waals surface area (Å²) in [5, 5.41) is 5.68. The predicted molar refractivity (Wildman–Crippen MR) is 109 cm³/mol. The van der Waals surface area contributed by atoms with Crippen molar-refractivity contribution in [2.75, 3.05) is 53.5 Å². The first-order chi connectivity index (χ1) is 14.5. The average molecular weight is 423 g/mol. The summed E-state index contributed by atoms with van der Waals surface area (Å²) in [6, 6.07) is -1.94. The zero-order valence-electron chi connectivity index (χ0n) is 18.0. The maximum atomic E-state index is 12.9. The fourth-order valence-electron chi connectivity index (χ4n) is 6.04. The van der Waals surface area contributed by atoms with Gasteiger partial charge in [0.25, 0.3) is 0 Å². The lowest BCUT2D eigenvalue weighted by atomic mass is 9.75. The van der Waals surface area contributed by atoms with Crippen molar-refractivity contribution in [3.8, 4) is 0 Å². The van der Waals surface area contributed by atoms with Gasteiger partial charge in [0.2, 0.25) is 0 Å². The third-order valence-electron chi connectivity index (χ3n) is 7.75. The van der Waals surface area contributed by atoms with E-state index in [4.69, 9.17) is 9.47 Å². The molecule has 9 nitrogen and oxygen atoms in total. The van der Waals surface area contributed by atoms with Crippen molar-refractivity contribution in [1.29, 1.82) is 0 Å². The predicted octanol–water partition coefficient (Wildman–Crippen LogP) is 0.0524. The van der Waals surface area contributed by atoms with Crippen LogP contribution in [0.25, 0.3) is 0 Å². The van der Waals surface area contributed by atoms with Crippen molar-refractivity contribution < 1.29 is 23.9 Å². The number of amides is 2. The van der Waals surface area contributed by atoms with Crippen LogP contribution < -0.4 is 10.6 Å². The van der Waals surface area contributed by atoms with Crippen LogP contribution in [0.2, 0.25) is 0 Å². The number of ether oxygens (including phenoxy) is 2. The minimum Gasteiger partial charge on any atom is -0.467 e. The van der Waals surface area contributed by atoms with Gasteiger partial charge in [-0.1, -0.05) is 0 Å². The molecule has 0 aromatic carbocycles. The number of nitrogens with one attached hydrogen (secondary N) is 2. The Kier molecular flexibility index (Phi) is 6.48. The number of carbonyl (C=O) groups excluding carboxylic acids is 3. The van der Waals surface area contributed by atoms with Crippen molar-refractivity contribution in [3.63, 3.8) is 0 Å². The van der Waals surface area contributed by atoms with Crippen LogP contribution in [0.15, 0.2) is 0 Å². The molecule has 0 spiro atoms. The lowest BCUT2D eigenvalue weighted by Crippen LogP contribution is -2.62. The Hall–Kier alpha value is -1.87. The van der Waals surface area contributed by atoms with Crippen LogP contribution in [0.4, 0.5) is 4.79 Å². The molecule has 6 heterocycles. The number of methoxy groups -OCH3 is 2. The van der Waals surface area contributed by atoms with E-state index >= 15 is 0 Å². The molecule has 0 aromatic heterocycles. The number of piperidine rings is 6. The summed E-state index contributed by atoms with van der Waals surface area (Å²) in [5.74, 6) is -0.00349. The number of rotatable bonds is 6. The second-order valence-electron chi connectivity index (χ2n) is 9.22. The van der Waals surface area contributed by atoms with E-state index in [0.717, 1.165) is 65.0 Å². The average Bonchev–Trinajstić information content (AvgIpc) is 2.81. The molecular formula is C21H34N4O5. The highest BCUT2D eigenvalue weighted by Crippen LogP contribution is 2.36. The molecule has 9 heteroatoms. The Morgan fingerprint density at radius 2 is 1.10 bits per heavy atom. The number of hydrogen-bond donors (Lipinski definition) is 2. The summed E-state index contributed by atoms with van der Waals surface area (Å²) in [4.78, 5) is 42.7. The number of carbonyl (C=O) groups is 3. The summed E-state index contributed by atoms with van der Waals surface area (Å²) in [5.41, 5.74) is 0. The topological polar surface area (TPSA) is 100 Å². The summed E-state index contributed by atoms with van der Waals surface area (Å²) >= 11 is 0. The van der Waals surface area contributed by atoms with Gasteiger partial charge in [0.1, 0.15) is 12.1 Å². The van der Waals surface area contributed by atoms with Crippen LogP contribution in [0.1, 0.15) is 25.7 Å². The second-order valence-corrected chi connectivity index (χ2v) is 9.22. The smallest absolute Gasteiger partial charge is 0.328 e. The van der Waals surface area contributed by atoms with Crippen LogP contribution in [-0.4, -0.2) is 93.3 Å². The van der Waals surface area contributed by atoms with Crippen molar-refractivity contribution in [2.24, 2.45) is 23.7 Å². The molecule has 6 aliphatic rings. The molecule has 4 bridgehead atoms. The van der Waals surface area contributed by atoms with Crippen molar-refractivity contribution in [1.82, 2.24) is 20.4 Å². The molecule has 168 valence electrons. The highest BCUT2D eigenvalue weighted by molar-refractivity contribution is 5.87. The molecule has 6 saturated heterocycles. The maximum absolute atomic E-state index is 12.9. The maximum Gasteiger partial charge on any atom is 0.328 e. The molecule has 4 atom stereocenters. The molecule has 6 rings (SSSR count). The number of nitrogens with zero attached hydrogens (tertiary/aromatic N) is 2. The Morgan fingerprint density at radius 1 is 0.733 bits per heavy atom. The molecule has 6 fully saturated rings. The summed E-state index contributed by atoms with van der Waals surface area (Å²) in [6.07, 6.45) is 4.13. The molecule has 6 aliphatic heterocycles. The summed E-state index contributed by atoms with van der Waals surface area (Å²) in [7, 11) is 2.70. The number of fused-ring (bicyclic) bond motifs is 6. The van der Waals surface area contributed by atoms with E-state index in [1.54, 1.807) is 0 Å². The van der Waals surface area contributed by atoms with Gasteiger partial charge in [-0.2, -0.15) is 0 Å². The first kappa shape index (κ1) is 21.4. The van der Waals surface area contributed by atoms with Crippen LogP contribution in [0, 0.1) is 23.7 Å². The number of urea groups is 1. The zero-order chi connectivity index (χ0) is 21.3. The van der Waals surface area contributed by atoms with Gasteiger partial charge >= 0.3 is 18.0 Å². The molecule has 2 N–H and O–H groups in total. The van der Waals surface area contributed by atoms with E-state index < -0.39 is 30.1 Å². The van der Waals surface area contributed by atoms with E-state index in [1.165, 1.54) is 14.2 Å². The third-order valence-corrected chi connectivity index (χ3v) is 7.75. The van der Waals surface area contributed by atoms with E-state index in [9.17, 15) is 14.4 Å². The lowest BCUT2D eigenvalue weighted by Gasteiger charge is -2.47. The Bertz CT molecular complexity index is 604. The fourth-order valence-corrected chi connectivity index (χ4v) is 6.04. The van der Waals surface area contributed by atoms with E-state index in [2.05, 4.69) is 20.4 Å². The molecule has 0 aliphatic carbocycles. The lowest BCUT2D eigenvalue weighted by molar-refractivity contribution is -0.146. The molecule has 0 radical (unpaired) electrons. The highest BCUT2D eigenvalue weighted by Gasteiger charge is 2.45. The monoisotopic (exact) mass is 422 g/mol. The standard InChI is InChI=1S/C21H34N4O5/c1-29-19(26)17(15-11-24-7-3-13(15)4-8-24)22-21(28)23-18(20(27)30-2)16-12-25-9-5-14(16)6-10-25/h13-18H,3-12H2,1-2H3,(H2,22,23,28)/t15-,16-,17?,18?/m1/s1. The normalized spacial score (nSPS) is 36.5. The molecule has 0 aromatic rings. The van der Waals surface area contributed by atoms with Gasteiger partial charge < -0.3 is 29.9 Å². The molecule has 2 unspecified atom stereocenters. The van der Waals surface area contributed by atoms with Gasteiger partial charge in [-0.05, 0) is 63.7 Å². The van der Waals surface area contributed by atoms with Gasteiger partial charge in [0.15, 0.2) is 0 Å². The summed E-state index contributed by atoms with van der Waals surface area (Å²) in [6.45, 7) is 5.75. The minimum atomic E-state index is -0.715. The first-order valence-electron chi connectivity index (χ1n) is 11.2. The third kappa shape index (κ3) is 4.27. The van der Waals surface area contributed by atoms with Crippen molar-refractivity contribution in [3.05, 3.63) is 0 Å². The van der Waals surface area contributed by atoms with Gasteiger partial charge in [0.05, 0.1) is 14.2 Å². The van der Waals surface area contributed by atoms with Crippen molar-refractivity contribution >= 4 is 18.0 Å². The highest BCUT2D eigenvalue weighted by atomic mass is 16.5. The van der Waals surface area contributed by atoms with Gasteiger partial charge in [-0.3, -0.25) is 0 Å². The number of esters is 2. The zero-order valence-corrected chi connectivity index (χ0v) is 18.0. The Labute approximate surface area is 177 Å². The van der Waals surface area contributed by atoms with Gasteiger partial charge in [-0.15, -0.1) is 0 Å². The largest absolute Gasteiger partial charge is 0.467 e. The van der Waals surface area contributed by atoms with Gasteiger partial charge in [-0.25, -0.2) is 14.4 Å². The van der Waals surface area contributed by atoms with E-state index in [-0.39, 0.29) is 11.8 Å². The van der Waals surface area contributed by atoms with E-state index in [0.29, 0.717) is 11.8 Å². The minimum absolute atomic E-state index is 0.0269. The van der Waals surface area contributed by atoms with Crippen LogP contribution >= 0.6 is 0 Å². The van der Waals surface area contributed by atoms with Crippen LogP contribution in [0.3, 0.4) is 0 Å². The summed E-state index contributed by atoms with van der Waals surface area (Å²) < 4.78 is 10.0. The number of hydrogen-bond acceptors (Lipinski definition) is 7. The first-order valence-corrected chi connectivity index (χ1v) is 11.2. The Balaban J connectivity index is 1.44. The van der Waals surface area contributed by atoms with Gasteiger partial charge in [0, 0.05) is 24.9 Å². The molecule has 30 heavy (non-hydrogen) atoms. The van der Waals surface area contributed by atoms with Crippen molar-refractivity contribution in [2.45, 2.75) is 37.8 Å². The van der Waals surface area contributed by atoms with Crippen LogP contribution in [-0.2, 0) is 19.1 Å². The SMILES string of the molecule is COC(=O)C(NC(=O)NC(C(=O)OC)[C@@H]1CN2CCC1CC2)[C@@H]1CN2CCC1CC2.